The summed E-state index contributed by atoms with van der Waals surface area (Å²) in [7, 11) is 0. The number of ether oxygens (including phenoxy) is 1. The second-order valence-corrected chi connectivity index (χ2v) is 9.15. The van der Waals surface area contributed by atoms with Crippen LogP contribution in [0.15, 0.2) is 54.7 Å². The number of hydrogen-bond acceptors (Lipinski definition) is 5. The smallest absolute Gasteiger partial charge is 0.233 e. The Kier molecular flexibility index (Phi) is 6.20. The van der Waals surface area contributed by atoms with Crippen LogP contribution in [-0.2, 0) is 29.0 Å². The third-order valence-electron chi connectivity index (χ3n) is 6.44. The summed E-state index contributed by atoms with van der Waals surface area (Å²) in [5.74, 6) is 1.86. The van der Waals surface area contributed by atoms with Crippen LogP contribution in [0.3, 0.4) is 0 Å². The van der Waals surface area contributed by atoms with E-state index in [1.165, 1.54) is 11.1 Å². The topological polar surface area (TPSA) is 58.6 Å². The van der Waals surface area contributed by atoms with Crippen LogP contribution < -0.4 is 4.90 Å². The standard InChI is InChI=1S/C27H30N4O2/c1-19(2)23-5-3-4-6-24(23)26-28-16-22-15-25(32)31(27(22)29-26)18-21-9-7-20(8-10-21)17-30-11-13-33-14-12-30/h3-10,16,19H,11-15,17-18H2,1-2H3. The molecule has 6 heteroatoms. The van der Waals surface area contributed by atoms with Gasteiger partial charge in [0.15, 0.2) is 5.82 Å². The second-order valence-electron chi connectivity index (χ2n) is 9.15. The number of amides is 1. The SMILES string of the molecule is CC(C)c1ccccc1-c1ncc2c(n1)N(Cc1ccc(CN3CCOCC3)cc1)C(=O)C2. The van der Waals surface area contributed by atoms with Gasteiger partial charge in [0, 0.05) is 37.0 Å². The van der Waals surface area contributed by atoms with Gasteiger partial charge in [-0.2, -0.15) is 0 Å². The van der Waals surface area contributed by atoms with E-state index in [9.17, 15) is 4.79 Å². The van der Waals surface area contributed by atoms with Gasteiger partial charge < -0.3 is 4.74 Å². The minimum absolute atomic E-state index is 0.0750. The molecule has 0 bridgehead atoms. The van der Waals surface area contributed by atoms with Gasteiger partial charge in [0.2, 0.25) is 5.91 Å². The van der Waals surface area contributed by atoms with Crippen LogP contribution in [0.1, 0.15) is 42.0 Å². The lowest BCUT2D eigenvalue weighted by Crippen LogP contribution is -2.35. The zero-order chi connectivity index (χ0) is 22.8. The van der Waals surface area contributed by atoms with Gasteiger partial charge in [-0.15, -0.1) is 0 Å². The predicted molar refractivity (Wildman–Crippen MR) is 129 cm³/mol. The molecule has 170 valence electrons. The fraction of sp³-hybridized carbons (Fsp3) is 0.370. The molecule has 0 saturated carbocycles. The highest BCUT2D eigenvalue weighted by molar-refractivity contribution is 6.00. The highest BCUT2D eigenvalue weighted by atomic mass is 16.5. The number of nitrogens with zero attached hydrogens (tertiary/aromatic N) is 4. The summed E-state index contributed by atoms with van der Waals surface area (Å²) in [5, 5.41) is 0. The third kappa shape index (κ3) is 4.68. The van der Waals surface area contributed by atoms with E-state index in [1.54, 1.807) is 4.90 Å². The molecule has 3 aromatic rings. The number of benzene rings is 2. The zero-order valence-corrected chi connectivity index (χ0v) is 19.3. The third-order valence-corrected chi connectivity index (χ3v) is 6.44. The van der Waals surface area contributed by atoms with E-state index in [-0.39, 0.29) is 5.91 Å². The molecule has 6 nitrogen and oxygen atoms in total. The Labute approximate surface area is 195 Å². The maximum absolute atomic E-state index is 12.8. The van der Waals surface area contributed by atoms with Crippen LogP contribution in [0.5, 0.6) is 0 Å². The van der Waals surface area contributed by atoms with E-state index in [2.05, 4.69) is 60.1 Å². The van der Waals surface area contributed by atoms with Crippen LogP contribution in [-0.4, -0.2) is 47.1 Å². The molecule has 0 N–H and O–H groups in total. The normalized spacial score (nSPS) is 16.5. The van der Waals surface area contributed by atoms with Crippen molar-refractivity contribution in [2.75, 3.05) is 31.2 Å². The van der Waals surface area contributed by atoms with E-state index in [4.69, 9.17) is 9.72 Å². The Hall–Kier alpha value is -3.09. The van der Waals surface area contributed by atoms with Gasteiger partial charge >= 0.3 is 0 Å². The van der Waals surface area contributed by atoms with E-state index >= 15 is 0 Å². The summed E-state index contributed by atoms with van der Waals surface area (Å²) >= 11 is 0. The van der Waals surface area contributed by atoms with Crippen LogP contribution in [0.2, 0.25) is 0 Å². The molecular formula is C27H30N4O2. The maximum Gasteiger partial charge on any atom is 0.233 e. The van der Waals surface area contributed by atoms with Crippen LogP contribution >= 0.6 is 0 Å². The molecule has 0 unspecified atom stereocenters. The van der Waals surface area contributed by atoms with Crippen molar-refractivity contribution in [1.82, 2.24) is 14.9 Å². The van der Waals surface area contributed by atoms with Gasteiger partial charge in [0.1, 0.15) is 5.82 Å². The molecule has 1 aromatic heterocycles. The average molecular weight is 443 g/mol. The molecule has 1 amide bonds. The predicted octanol–water partition coefficient (Wildman–Crippen LogP) is 4.19. The number of fused-ring (bicyclic) bond motifs is 1. The summed E-state index contributed by atoms with van der Waals surface area (Å²) < 4.78 is 5.43. The van der Waals surface area contributed by atoms with Crippen molar-refractivity contribution < 1.29 is 9.53 Å². The molecular weight excluding hydrogens is 412 g/mol. The first-order chi connectivity index (χ1) is 16.1. The van der Waals surface area contributed by atoms with E-state index in [0.29, 0.717) is 24.7 Å². The highest BCUT2D eigenvalue weighted by Gasteiger charge is 2.30. The molecule has 5 rings (SSSR count). The number of morpholine rings is 1. The molecule has 0 aliphatic carbocycles. The van der Waals surface area contributed by atoms with Crippen LogP contribution in [0, 0.1) is 0 Å². The first kappa shape index (κ1) is 21.7. The minimum Gasteiger partial charge on any atom is -0.379 e. The second kappa shape index (κ2) is 9.41. The molecule has 2 aliphatic rings. The Morgan fingerprint density at radius 1 is 0.970 bits per heavy atom. The van der Waals surface area contributed by atoms with E-state index in [1.807, 2.05) is 18.3 Å². The molecule has 0 spiro atoms. The molecule has 0 radical (unpaired) electrons. The Morgan fingerprint density at radius 3 is 2.39 bits per heavy atom. The van der Waals surface area contributed by atoms with Gasteiger partial charge in [-0.1, -0.05) is 62.4 Å². The summed E-state index contributed by atoms with van der Waals surface area (Å²) in [6, 6.07) is 16.8. The largest absolute Gasteiger partial charge is 0.379 e. The van der Waals surface area contributed by atoms with Gasteiger partial charge in [-0.3, -0.25) is 14.6 Å². The number of carbonyl (C=O) groups excluding carboxylic acids is 1. The molecule has 3 heterocycles. The van der Waals surface area contributed by atoms with Crippen molar-refractivity contribution in [3.05, 3.63) is 77.0 Å². The van der Waals surface area contributed by atoms with Gasteiger partial charge in [-0.05, 0) is 22.6 Å². The van der Waals surface area contributed by atoms with Crippen molar-refractivity contribution in [1.29, 1.82) is 0 Å². The van der Waals surface area contributed by atoms with Crippen molar-refractivity contribution in [3.8, 4) is 11.4 Å². The van der Waals surface area contributed by atoms with Gasteiger partial charge in [0.05, 0.1) is 26.2 Å². The fourth-order valence-corrected chi connectivity index (χ4v) is 4.58. The van der Waals surface area contributed by atoms with Crippen molar-refractivity contribution in [2.45, 2.75) is 39.3 Å². The maximum atomic E-state index is 12.8. The summed E-state index contributed by atoms with van der Waals surface area (Å²) in [4.78, 5) is 26.5. The van der Waals surface area contributed by atoms with Gasteiger partial charge in [-0.25, -0.2) is 9.97 Å². The average Bonchev–Trinajstić information content (AvgIpc) is 3.15. The number of rotatable bonds is 6. The molecule has 2 aromatic carbocycles. The summed E-state index contributed by atoms with van der Waals surface area (Å²) in [5.41, 5.74) is 5.52. The molecule has 33 heavy (non-hydrogen) atoms. The lowest BCUT2D eigenvalue weighted by atomic mass is 9.97. The highest BCUT2D eigenvalue weighted by Crippen LogP contribution is 2.32. The van der Waals surface area contributed by atoms with Crippen molar-refractivity contribution in [2.24, 2.45) is 0 Å². The van der Waals surface area contributed by atoms with E-state index in [0.717, 1.165) is 55.4 Å². The number of carbonyl (C=O) groups is 1. The van der Waals surface area contributed by atoms with Gasteiger partial charge in [0.25, 0.3) is 0 Å². The molecule has 0 atom stereocenters. The Balaban J connectivity index is 1.36. The minimum atomic E-state index is 0.0750. The summed E-state index contributed by atoms with van der Waals surface area (Å²) in [6.45, 7) is 9.36. The van der Waals surface area contributed by atoms with E-state index < -0.39 is 0 Å². The first-order valence-electron chi connectivity index (χ1n) is 11.7. The molecule has 1 saturated heterocycles. The Bertz CT molecular complexity index is 1140. The molecule has 2 aliphatic heterocycles. The van der Waals surface area contributed by atoms with Crippen molar-refractivity contribution in [3.63, 3.8) is 0 Å². The quantitative estimate of drug-likeness (QED) is 0.573. The number of anilines is 1. The summed E-state index contributed by atoms with van der Waals surface area (Å²) in [6.07, 6.45) is 2.18. The first-order valence-corrected chi connectivity index (χ1v) is 11.7. The van der Waals surface area contributed by atoms with Crippen molar-refractivity contribution >= 4 is 11.7 Å². The van der Waals surface area contributed by atoms with Crippen LogP contribution in [0.25, 0.3) is 11.4 Å². The fourth-order valence-electron chi connectivity index (χ4n) is 4.58. The Morgan fingerprint density at radius 2 is 1.67 bits per heavy atom. The molecule has 1 fully saturated rings. The zero-order valence-electron chi connectivity index (χ0n) is 19.3. The number of aromatic nitrogens is 2. The number of hydrogen-bond donors (Lipinski definition) is 0. The lowest BCUT2D eigenvalue weighted by molar-refractivity contribution is -0.117. The van der Waals surface area contributed by atoms with Crippen LogP contribution in [0.4, 0.5) is 5.82 Å². The monoisotopic (exact) mass is 442 g/mol. The lowest BCUT2D eigenvalue weighted by Gasteiger charge is -2.26.